The van der Waals surface area contributed by atoms with Gasteiger partial charge in [0.15, 0.2) is 0 Å². The van der Waals surface area contributed by atoms with Crippen LogP contribution in [0, 0.1) is 5.82 Å². The summed E-state index contributed by atoms with van der Waals surface area (Å²) in [6.07, 6.45) is 3.32. The normalized spacial score (nSPS) is 10.1. The predicted molar refractivity (Wildman–Crippen MR) is 50.6 cm³/mol. The summed E-state index contributed by atoms with van der Waals surface area (Å²) in [6.45, 7) is 0. The quantitative estimate of drug-likeness (QED) is 0.674. The van der Waals surface area contributed by atoms with Crippen molar-refractivity contribution in [3.8, 4) is 0 Å². The zero-order chi connectivity index (χ0) is 9.97. The van der Waals surface area contributed by atoms with Crippen molar-refractivity contribution < 1.29 is 9.18 Å². The average molecular weight is 189 g/mol. The van der Waals surface area contributed by atoms with Crippen molar-refractivity contribution in [1.29, 1.82) is 0 Å². The molecule has 3 heteroatoms. The van der Waals surface area contributed by atoms with E-state index in [1.54, 1.807) is 24.5 Å². The maximum atomic E-state index is 12.6. The van der Waals surface area contributed by atoms with E-state index in [1.807, 2.05) is 0 Å². The molecule has 1 aromatic heterocycles. The molecule has 0 amide bonds. The molecule has 0 saturated carbocycles. The van der Waals surface area contributed by atoms with E-state index in [1.165, 1.54) is 28.8 Å². The van der Waals surface area contributed by atoms with Gasteiger partial charge in [0.25, 0.3) is 5.91 Å². The highest BCUT2D eigenvalue weighted by molar-refractivity contribution is 5.95. The second-order valence-electron chi connectivity index (χ2n) is 2.90. The Hall–Kier alpha value is -1.90. The molecule has 0 aliphatic rings. The number of benzene rings is 1. The van der Waals surface area contributed by atoms with Crippen molar-refractivity contribution in [2.45, 2.75) is 0 Å². The van der Waals surface area contributed by atoms with Crippen LogP contribution in [-0.2, 0) is 0 Å². The van der Waals surface area contributed by atoms with Gasteiger partial charge in [0.1, 0.15) is 5.82 Å². The summed E-state index contributed by atoms with van der Waals surface area (Å²) in [5.74, 6) is -0.496. The number of hydrogen-bond donors (Lipinski definition) is 0. The first-order valence-corrected chi connectivity index (χ1v) is 4.20. The van der Waals surface area contributed by atoms with Gasteiger partial charge in [-0.05, 0) is 36.4 Å². The first-order valence-electron chi connectivity index (χ1n) is 4.20. The van der Waals surface area contributed by atoms with Gasteiger partial charge >= 0.3 is 0 Å². The van der Waals surface area contributed by atoms with Crippen LogP contribution < -0.4 is 0 Å². The van der Waals surface area contributed by atoms with Gasteiger partial charge in [0.05, 0.1) is 0 Å². The maximum Gasteiger partial charge on any atom is 0.261 e. The molecule has 0 aliphatic carbocycles. The molecule has 70 valence electrons. The van der Waals surface area contributed by atoms with E-state index in [4.69, 9.17) is 0 Å². The molecule has 1 aromatic carbocycles. The minimum Gasteiger partial charge on any atom is -0.291 e. The van der Waals surface area contributed by atoms with Gasteiger partial charge in [-0.25, -0.2) is 4.39 Å². The standard InChI is InChI=1S/C11H8FNO/c12-10-5-3-9(4-6-10)11(14)13-7-1-2-8-13/h1-8H. The minimum atomic E-state index is -0.339. The number of hydrogen-bond acceptors (Lipinski definition) is 1. The van der Waals surface area contributed by atoms with Crippen LogP contribution in [0.3, 0.4) is 0 Å². The van der Waals surface area contributed by atoms with Crippen molar-refractivity contribution in [1.82, 2.24) is 4.57 Å². The van der Waals surface area contributed by atoms with Gasteiger partial charge in [0, 0.05) is 18.0 Å². The van der Waals surface area contributed by atoms with Gasteiger partial charge in [-0.3, -0.25) is 9.36 Å². The molecule has 0 fully saturated rings. The van der Waals surface area contributed by atoms with E-state index in [0.29, 0.717) is 5.56 Å². The molecule has 2 rings (SSSR count). The van der Waals surface area contributed by atoms with E-state index in [-0.39, 0.29) is 11.7 Å². The molecule has 0 radical (unpaired) electrons. The number of carbonyl (C=O) groups is 1. The van der Waals surface area contributed by atoms with Crippen LogP contribution >= 0.6 is 0 Å². The van der Waals surface area contributed by atoms with Gasteiger partial charge in [-0.1, -0.05) is 0 Å². The third kappa shape index (κ3) is 1.57. The molecule has 0 aliphatic heterocycles. The Bertz CT molecular complexity index is 431. The summed E-state index contributed by atoms with van der Waals surface area (Å²) in [6, 6.07) is 9.02. The smallest absolute Gasteiger partial charge is 0.261 e. The zero-order valence-corrected chi connectivity index (χ0v) is 7.35. The highest BCUT2D eigenvalue weighted by Crippen LogP contribution is 2.05. The van der Waals surface area contributed by atoms with Crippen molar-refractivity contribution >= 4 is 5.91 Å². The van der Waals surface area contributed by atoms with Crippen LogP contribution in [0.2, 0.25) is 0 Å². The van der Waals surface area contributed by atoms with Crippen molar-refractivity contribution in [2.75, 3.05) is 0 Å². The van der Waals surface area contributed by atoms with E-state index in [0.717, 1.165) is 0 Å². The molecule has 1 heterocycles. The van der Waals surface area contributed by atoms with E-state index in [2.05, 4.69) is 0 Å². The highest BCUT2D eigenvalue weighted by atomic mass is 19.1. The molecule has 0 unspecified atom stereocenters. The Balaban J connectivity index is 2.33. The molecule has 2 aromatic rings. The molecule has 0 saturated heterocycles. The fraction of sp³-hybridized carbons (Fsp3) is 0. The van der Waals surface area contributed by atoms with Crippen molar-refractivity contribution in [3.05, 3.63) is 60.2 Å². The van der Waals surface area contributed by atoms with Crippen LogP contribution in [0.4, 0.5) is 4.39 Å². The average Bonchev–Trinajstić information content (AvgIpc) is 2.71. The van der Waals surface area contributed by atoms with Gasteiger partial charge in [-0.15, -0.1) is 0 Å². The number of rotatable bonds is 1. The molecule has 0 N–H and O–H groups in total. The Morgan fingerprint density at radius 2 is 1.64 bits per heavy atom. The van der Waals surface area contributed by atoms with E-state index >= 15 is 0 Å². The lowest BCUT2D eigenvalue weighted by molar-refractivity contribution is 0.0960. The van der Waals surface area contributed by atoms with E-state index in [9.17, 15) is 9.18 Å². The lowest BCUT2D eigenvalue weighted by Crippen LogP contribution is -2.09. The van der Waals surface area contributed by atoms with Gasteiger partial charge in [0.2, 0.25) is 0 Å². The van der Waals surface area contributed by atoms with E-state index < -0.39 is 0 Å². The second kappa shape index (κ2) is 3.46. The lowest BCUT2D eigenvalue weighted by Gasteiger charge is -2.00. The fourth-order valence-corrected chi connectivity index (χ4v) is 1.21. The summed E-state index contributed by atoms with van der Waals surface area (Å²) in [4.78, 5) is 11.7. The summed E-state index contributed by atoms with van der Waals surface area (Å²) in [5.41, 5.74) is 0.475. The number of carbonyl (C=O) groups excluding carboxylic acids is 1. The maximum absolute atomic E-state index is 12.6. The van der Waals surface area contributed by atoms with Gasteiger partial charge < -0.3 is 0 Å². The Labute approximate surface area is 80.6 Å². The summed E-state index contributed by atoms with van der Waals surface area (Å²) < 4.78 is 14.0. The fourth-order valence-electron chi connectivity index (χ4n) is 1.21. The summed E-state index contributed by atoms with van der Waals surface area (Å²) in [7, 11) is 0. The van der Waals surface area contributed by atoms with Crippen LogP contribution in [0.15, 0.2) is 48.8 Å². The van der Waals surface area contributed by atoms with Crippen LogP contribution in [0.25, 0.3) is 0 Å². The molecular weight excluding hydrogens is 181 g/mol. The second-order valence-corrected chi connectivity index (χ2v) is 2.90. The first-order chi connectivity index (χ1) is 6.77. The minimum absolute atomic E-state index is 0.157. The monoisotopic (exact) mass is 189 g/mol. The van der Waals surface area contributed by atoms with Crippen LogP contribution in [-0.4, -0.2) is 10.5 Å². The number of halogens is 1. The van der Waals surface area contributed by atoms with Crippen LogP contribution in [0.1, 0.15) is 10.4 Å². The SMILES string of the molecule is O=C(c1ccc(F)cc1)n1cccc1. The summed E-state index contributed by atoms with van der Waals surface area (Å²) in [5, 5.41) is 0. The molecule has 0 bridgehead atoms. The highest BCUT2D eigenvalue weighted by Gasteiger charge is 2.05. The van der Waals surface area contributed by atoms with Crippen LogP contribution in [0.5, 0.6) is 0 Å². The zero-order valence-electron chi connectivity index (χ0n) is 7.35. The van der Waals surface area contributed by atoms with Crippen molar-refractivity contribution in [3.63, 3.8) is 0 Å². The third-order valence-corrected chi connectivity index (χ3v) is 1.93. The summed E-state index contributed by atoms with van der Waals surface area (Å²) >= 11 is 0. The molecule has 0 spiro atoms. The Morgan fingerprint density at radius 3 is 2.21 bits per heavy atom. The molecular formula is C11H8FNO. The molecule has 2 nitrogen and oxygen atoms in total. The topological polar surface area (TPSA) is 22.0 Å². The third-order valence-electron chi connectivity index (χ3n) is 1.93. The lowest BCUT2D eigenvalue weighted by atomic mass is 10.2. The molecule has 14 heavy (non-hydrogen) atoms. The number of aromatic nitrogens is 1. The Morgan fingerprint density at radius 1 is 1.07 bits per heavy atom. The number of nitrogens with zero attached hydrogens (tertiary/aromatic N) is 1. The largest absolute Gasteiger partial charge is 0.291 e. The first kappa shape index (κ1) is 8.69. The predicted octanol–water partition coefficient (Wildman–Crippen LogP) is 2.32. The Kier molecular flexibility index (Phi) is 2.14. The van der Waals surface area contributed by atoms with Gasteiger partial charge in [-0.2, -0.15) is 0 Å². The molecule has 0 atom stereocenters. The van der Waals surface area contributed by atoms with Crippen molar-refractivity contribution in [2.24, 2.45) is 0 Å².